The smallest absolute Gasteiger partial charge is 0.255 e. The van der Waals surface area contributed by atoms with Gasteiger partial charge in [-0.3, -0.25) is 9.59 Å². The average molecular weight is 471 g/mol. The Morgan fingerprint density at radius 1 is 0.829 bits per heavy atom. The number of nitrogens with one attached hydrogen (secondary N) is 1. The van der Waals surface area contributed by atoms with E-state index in [0.29, 0.717) is 17.8 Å². The van der Waals surface area contributed by atoms with E-state index in [2.05, 4.69) is 36.0 Å². The molecule has 4 rings (SSSR count). The second kappa shape index (κ2) is 10.3. The normalized spacial score (nSPS) is 14.4. The van der Waals surface area contributed by atoms with Gasteiger partial charge in [-0.1, -0.05) is 50.6 Å². The van der Waals surface area contributed by atoms with Crippen molar-refractivity contribution in [2.75, 3.05) is 36.4 Å². The van der Waals surface area contributed by atoms with Gasteiger partial charge in [0.15, 0.2) is 0 Å². The lowest BCUT2D eigenvalue weighted by Crippen LogP contribution is -2.35. The number of nitrogens with zero attached hydrogens (tertiary/aromatic N) is 3. The number of carbonyl (C=O) groups is 2. The Kier molecular flexibility index (Phi) is 7.20. The van der Waals surface area contributed by atoms with E-state index in [0.717, 1.165) is 43.0 Å². The number of benzene rings is 2. The van der Waals surface area contributed by atoms with Crippen molar-refractivity contribution in [2.24, 2.45) is 0 Å². The lowest BCUT2D eigenvalue weighted by atomic mass is 9.87. The lowest BCUT2D eigenvalue weighted by molar-refractivity contribution is 0.0767. The number of aromatic nitrogens is 1. The molecule has 6 heteroatoms. The van der Waals surface area contributed by atoms with Crippen LogP contribution in [0.15, 0.2) is 66.9 Å². The van der Waals surface area contributed by atoms with Gasteiger partial charge in [-0.05, 0) is 60.7 Å². The number of carbonyl (C=O) groups excluding carboxylic acids is 2. The van der Waals surface area contributed by atoms with E-state index in [-0.39, 0.29) is 17.2 Å². The Hall–Kier alpha value is -3.67. The van der Waals surface area contributed by atoms with Gasteiger partial charge in [0.1, 0.15) is 5.82 Å². The van der Waals surface area contributed by atoms with Gasteiger partial charge in [0.2, 0.25) is 0 Å². The second-order valence-corrected chi connectivity index (χ2v) is 10.2. The van der Waals surface area contributed by atoms with Crippen LogP contribution in [0.3, 0.4) is 0 Å². The number of anilines is 2. The summed E-state index contributed by atoms with van der Waals surface area (Å²) in [5, 5.41) is 2.93. The van der Waals surface area contributed by atoms with Crippen molar-refractivity contribution in [3.8, 4) is 0 Å². The van der Waals surface area contributed by atoms with Crippen LogP contribution in [0.5, 0.6) is 0 Å². The molecule has 2 amide bonds. The number of rotatable bonds is 4. The third kappa shape index (κ3) is 6.07. The summed E-state index contributed by atoms with van der Waals surface area (Å²) < 4.78 is 0. The Labute approximate surface area is 208 Å². The van der Waals surface area contributed by atoms with Crippen LogP contribution in [0.1, 0.15) is 59.0 Å². The standard InChI is InChI=1S/C29H34N4O2/c1-21-6-8-23(9-7-21)28(35)33-17-5-16-32(18-19-33)26-15-14-25(20-30-26)31-27(34)22-10-12-24(13-11-22)29(2,3)4/h6-15,20H,5,16-19H2,1-4H3,(H,31,34). The van der Waals surface area contributed by atoms with Gasteiger partial charge in [0.25, 0.3) is 11.8 Å². The van der Waals surface area contributed by atoms with Crippen molar-refractivity contribution < 1.29 is 9.59 Å². The summed E-state index contributed by atoms with van der Waals surface area (Å²) in [6.07, 6.45) is 2.57. The van der Waals surface area contributed by atoms with Gasteiger partial charge in [-0.15, -0.1) is 0 Å². The SMILES string of the molecule is Cc1ccc(C(=O)N2CCCN(c3ccc(NC(=O)c4ccc(C(C)(C)C)cc4)cn3)CC2)cc1. The van der Waals surface area contributed by atoms with E-state index < -0.39 is 0 Å². The molecule has 35 heavy (non-hydrogen) atoms. The first-order chi connectivity index (χ1) is 16.7. The molecule has 0 atom stereocenters. The Bertz CT molecular complexity index is 1160. The molecule has 3 aromatic rings. The molecule has 0 bridgehead atoms. The number of hydrogen-bond donors (Lipinski definition) is 1. The number of hydrogen-bond acceptors (Lipinski definition) is 4. The van der Waals surface area contributed by atoms with Crippen LogP contribution in [0.2, 0.25) is 0 Å². The highest BCUT2D eigenvalue weighted by Gasteiger charge is 2.21. The fraction of sp³-hybridized carbons (Fsp3) is 0.345. The largest absolute Gasteiger partial charge is 0.355 e. The predicted octanol–water partition coefficient (Wildman–Crippen LogP) is 5.29. The molecule has 1 aliphatic heterocycles. The van der Waals surface area contributed by atoms with E-state index in [9.17, 15) is 9.59 Å². The van der Waals surface area contributed by atoms with Crippen molar-refractivity contribution in [3.05, 3.63) is 89.1 Å². The lowest BCUT2D eigenvalue weighted by Gasteiger charge is -2.23. The highest BCUT2D eigenvalue weighted by molar-refractivity contribution is 6.04. The molecule has 1 fully saturated rings. The molecule has 0 radical (unpaired) electrons. The van der Waals surface area contributed by atoms with Gasteiger partial charge >= 0.3 is 0 Å². The van der Waals surface area contributed by atoms with Gasteiger partial charge in [0, 0.05) is 37.3 Å². The summed E-state index contributed by atoms with van der Waals surface area (Å²) in [6, 6.07) is 19.3. The van der Waals surface area contributed by atoms with E-state index in [1.54, 1.807) is 6.20 Å². The second-order valence-electron chi connectivity index (χ2n) is 10.2. The minimum atomic E-state index is -0.153. The highest BCUT2D eigenvalue weighted by Crippen LogP contribution is 2.23. The van der Waals surface area contributed by atoms with Gasteiger partial charge in [0.05, 0.1) is 11.9 Å². The zero-order chi connectivity index (χ0) is 25.0. The molecular formula is C29H34N4O2. The maximum absolute atomic E-state index is 12.9. The quantitative estimate of drug-likeness (QED) is 0.563. The van der Waals surface area contributed by atoms with Crippen LogP contribution in [0.25, 0.3) is 0 Å². The Morgan fingerprint density at radius 3 is 2.14 bits per heavy atom. The van der Waals surface area contributed by atoms with E-state index >= 15 is 0 Å². The van der Waals surface area contributed by atoms with Crippen LogP contribution in [0.4, 0.5) is 11.5 Å². The molecule has 182 valence electrons. The van der Waals surface area contributed by atoms with Crippen LogP contribution in [-0.2, 0) is 5.41 Å². The topological polar surface area (TPSA) is 65.5 Å². The average Bonchev–Trinajstić information content (AvgIpc) is 3.10. The van der Waals surface area contributed by atoms with Gasteiger partial charge in [-0.2, -0.15) is 0 Å². The van der Waals surface area contributed by atoms with Crippen LogP contribution in [0, 0.1) is 6.92 Å². The van der Waals surface area contributed by atoms with Crippen molar-refractivity contribution >= 4 is 23.3 Å². The van der Waals surface area contributed by atoms with E-state index in [4.69, 9.17) is 0 Å². The van der Waals surface area contributed by atoms with E-state index in [1.807, 2.05) is 72.5 Å². The fourth-order valence-corrected chi connectivity index (χ4v) is 4.20. The van der Waals surface area contributed by atoms with E-state index in [1.165, 1.54) is 5.56 Å². The molecule has 0 saturated carbocycles. The third-order valence-electron chi connectivity index (χ3n) is 6.42. The fourth-order valence-electron chi connectivity index (χ4n) is 4.20. The maximum Gasteiger partial charge on any atom is 0.255 e. The summed E-state index contributed by atoms with van der Waals surface area (Å²) in [6.45, 7) is 11.4. The Balaban J connectivity index is 1.35. The first-order valence-corrected chi connectivity index (χ1v) is 12.2. The first-order valence-electron chi connectivity index (χ1n) is 12.2. The molecule has 1 aromatic heterocycles. The van der Waals surface area contributed by atoms with Crippen LogP contribution < -0.4 is 10.2 Å². The first kappa shape index (κ1) is 24.5. The van der Waals surface area contributed by atoms with Crippen molar-refractivity contribution in [1.29, 1.82) is 0 Å². The molecule has 2 heterocycles. The molecule has 0 aliphatic carbocycles. The molecule has 1 aliphatic rings. The Morgan fingerprint density at radius 2 is 1.51 bits per heavy atom. The zero-order valence-corrected chi connectivity index (χ0v) is 21.0. The minimum Gasteiger partial charge on any atom is -0.355 e. The number of amides is 2. The summed E-state index contributed by atoms with van der Waals surface area (Å²) in [4.78, 5) is 34.2. The van der Waals surface area contributed by atoms with Gasteiger partial charge < -0.3 is 15.1 Å². The minimum absolute atomic E-state index is 0.0487. The number of pyridine rings is 1. The van der Waals surface area contributed by atoms with Gasteiger partial charge in [-0.25, -0.2) is 4.98 Å². The van der Waals surface area contributed by atoms with Crippen LogP contribution in [-0.4, -0.2) is 47.9 Å². The number of aryl methyl sites for hydroxylation is 1. The molecule has 1 saturated heterocycles. The van der Waals surface area contributed by atoms with Crippen molar-refractivity contribution in [2.45, 2.75) is 39.5 Å². The van der Waals surface area contributed by atoms with Crippen molar-refractivity contribution in [3.63, 3.8) is 0 Å². The summed E-state index contributed by atoms with van der Waals surface area (Å²) in [7, 11) is 0. The highest BCUT2D eigenvalue weighted by atomic mass is 16.2. The third-order valence-corrected chi connectivity index (χ3v) is 6.42. The monoisotopic (exact) mass is 470 g/mol. The van der Waals surface area contributed by atoms with Crippen LogP contribution >= 0.6 is 0 Å². The summed E-state index contributed by atoms with van der Waals surface area (Å²) in [5.41, 5.74) is 4.39. The zero-order valence-electron chi connectivity index (χ0n) is 21.0. The molecule has 1 N–H and O–H groups in total. The molecule has 2 aromatic carbocycles. The molecule has 0 spiro atoms. The molecular weight excluding hydrogens is 436 g/mol. The molecule has 0 unspecified atom stereocenters. The van der Waals surface area contributed by atoms with Crippen molar-refractivity contribution in [1.82, 2.24) is 9.88 Å². The maximum atomic E-state index is 12.9. The summed E-state index contributed by atoms with van der Waals surface area (Å²) >= 11 is 0. The summed E-state index contributed by atoms with van der Waals surface area (Å²) in [5.74, 6) is 0.774. The molecule has 6 nitrogen and oxygen atoms in total. The predicted molar refractivity (Wildman–Crippen MR) is 141 cm³/mol.